The lowest BCUT2D eigenvalue weighted by molar-refractivity contribution is 0.548. The molecule has 0 spiro atoms. The van der Waals surface area contributed by atoms with Gasteiger partial charge in [0.05, 0.1) is 16.9 Å². The van der Waals surface area contributed by atoms with Gasteiger partial charge < -0.3 is 0 Å². The van der Waals surface area contributed by atoms with E-state index in [2.05, 4.69) is 44.2 Å². The maximum Gasteiger partial charge on any atom is 0.262 e. The minimum atomic E-state index is -0.0924. The summed E-state index contributed by atoms with van der Waals surface area (Å²) >= 11 is 1.62. The number of hydrogen-bond donors (Lipinski definition) is 0. The Kier molecular flexibility index (Phi) is 5.31. The second kappa shape index (κ2) is 8.03. The Morgan fingerprint density at radius 1 is 0.929 bits per heavy atom. The van der Waals surface area contributed by atoms with E-state index in [-0.39, 0.29) is 11.6 Å². The van der Waals surface area contributed by atoms with Crippen LogP contribution in [0.4, 0.5) is 0 Å². The molecule has 4 heteroatoms. The van der Waals surface area contributed by atoms with Crippen molar-refractivity contribution >= 4 is 22.7 Å². The van der Waals surface area contributed by atoms with Crippen LogP contribution in [0.2, 0.25) is 0 Å². The first-order valence-electron chi connectivity index (χ1n) is 9.38. The first-order valence-corrected chi connectivity index (χ1v) is 10.4. The molecule has 0 bridgehead atoms. The van der Waals surface area contributed by atoms with Gasteiger partial charge in [0.15, 0.2) is 5.16 Å². The molecule has 0 N–H and O–H groups in total. The van der Waals surface area contributed by atoms with Crippen molar-refractivity contribution in [3.8, 4) is 0 Å². The summed E-state index contributed by atoms with van der Waals surface area (Å²) in [4.78, 5) is 18.2. The number of thioether (sulfide) groups is 1. The second-order valence-electron chi connectivity index (χ2n) is 6.89. The molecular weight excluding hydrogens is 364 g/mol. The van der Waals surface area contributed by atoms with E-state index in [1.165, 1.54) is 11.1 Å². The summed E-state index contributed by atoms with van der Waals surface area (Å²) in [5, 5.41) is 1.41. The monoisotopic (exact) mass is 386 g/mol. The lowest BCUT2D eigenvalue weighted by atomic mass is 10.1. The molecule has 4 aromatic rings. The third kappa shape index (κ3) is 3.60. The summed E-state index contributed by atoms with van der Waals surface area (Å²) in [5.41, 5.74) is 4.36. The number of para-hydroxylation sites is 1. The van der Waals surface area contributed by atoms with Gasteiger partial charge >= 0.3 is 0 Å². The van der Waals surface area contributed by atoms with Gasteiger partial charge in [0.2, 0.25) is 0 Å². The number of rotatable bonds is 5. The Hall–Kier alpha value is -2.85. The van der Waals surface area contributed by atoms with Crippen molar-refractivity contribution in [1.29, 1.82) is 0 Å². The van der Waals surface area contributed by atoms with Crippen LogP contribution in [0, 0.1) is 6.92 Å². The molecule has 0 amide bonds. The molecule has 3 nitrogen and oxygen atoms in total. The minimum absolute atomic E-state index is 0.00855. The van der Waals surface area contributed by atoms with Crippen molar-refractivity contribution in [3.63, 3.8) is 0 Å². The number of aryl methyl sites for hydroxylation is 1. The Bertz CT molecular complexity index is 1170. The third-order valence-electron chi connectivity index (χ3n) is 5.06. The van der Waals surface area contributed by atoms with Crippen LogP contribution >= 0.6 is 11.8 Å². The highest BCUT2D eigenvalue weighted by molar-refractivity contribution is 7.98. The fourth-order valence-corrected chi connectivity index (χ4v) is 4.52. The highest BCUT2D eigenvalue weighted by Crippen LogP contribution is 2.27. The van der Waals surface area contributed by atoms with Crippen LogP contribution in [0.1, 0.15) is 29.7 Å². The molecular formula is C24H22N2OS. The molecule has 3 aromatic carbocycles. The van der Waals surface area contributed by atoms with Crippen LogP contribution in [0.3, 0.4) is 0 Å². The van der Waals surface area contributed by atoms with Crippen LogP contribution in [-0.2, 0) is 5.75 Å². The van der Waals surface area contributed by atoms with Gasteiger partial charge in [-0.3, -0.25) is 9.36 Å². The smallest absolute Gasteiger partial charge is 0.262 e. The fourth-order valence-electron chi connectivity index (χ4n) is 3.36. The number of hydrogen-bond acceptors (Lipinski definition) is 3. The van der Waals surface area contributed by atoms with Crippen LogP contribution in [0.15, 0.2) is 88.8 Å². The molecule has 1 atom stereocenters. The molecule has 4 rings (SSSR count). The van der Waals surface area contributed by atoms with Gasteiger partial charge in [-0.2, -0.15) is 0 Å². The van der Waals surface area contributed by atoms with E-state index in [4.69, 9.17) is 4.98 Å². The number of benzene rings is 3. The van der Waals surface area contributed by atoms with Crippen LogP contribution in [0.5, 0.6) is 0 Å². The largest absolute Gasteiger partial charge is 0.280 e. The van der Waals surface area contributed by atoms with Gasteiger partial charge in [-0.15, -0.1) is 0 Å². The highest BCUT2D eigenvalue weighted by atomic mass is 32.2. The maximum absolute atomic E-state index is 13.4. The molecule has 0 aliphatic carbocycles. The molecule has 0 saturated carbocycles. The molecule has 140 valence electrons. The predicted octanol–water partition coefficient (Wildman–Crippen LogP) is 5.61. The molecule has 1 heterocycles. The van der Waals surface area contributed by atoms with E-state index in [0.717, 1.165) is 22.0 Å². The number of nitrogens with zero attached hydrogens (tertiary/aromatic N) is 2. The summed E-state index contributed by atoms with van der Waals surface area (Å²) in [5.74, 6) is 0.777. The topological polar surface area (TPSA) is 34.9 Å². The first-order chi connectivity index (χ1) is 13.6. The first kappa shape index (κ1) is 18.5. The van der Waals surface area contributed by atoms with E-state index in [1.807, 2.05) is 53.1 Å². The van der Waals surface area contributed by atoms with Crippen molar-refractivity contribution < 1.29 is 0 Å². The zero-order valence-corrected chi connectivity index (χ0v) is 16.8. The van der Waals surface area contributed by atoms with Crippen LogP contribution in [-0.4, -0.2) is 9.55 Å². The zero-order chi connectivity index (χ0) is 19.5. The average Bonchev–Trinajstić information content (AvgIpc) is 2.73. The molecule has 0 aliphatic rings. The zero-order valence-electron chi connectivity index (χ0n) is 16.0. The summed E-state index contributed by atoms with van der Waals surface area (Å²) in [6.45, 7) is 4.18. The molecule has 0 aliphatic heterocycles. The molecule has 0 unspecified atom stereocenters. The molecule has 0 saturated heterocycles. The standard InChI is InChI=1S/C24H22N2OS/c1-17-10-6-7-13-20(17)16-28-24-25-22-15-9-8-14-21(22)23(27)26(24)18(2)19-11-4-3-5-12-19/h3-15,18H,16H2,1-2H3/t18-/m0/s1. The van der Waals surface area contributed by atoms with Crippen molar-refractivity contribution in [2.75, 3.05) is 0 Å². The van der Waals surface area contributed by atoms with Crippen LogP contribution in [0.25, 0.3) is 10.9 Å². The van der Waals surface area contributed by atoms with Gasteiger partial charge in [-0.25, -0.2) is 4.98 Å². The molecule has 28 heavy (non-hydrogen) atoms. The lowest BCUT2D eigenvalue weighted by Gasteiger charge is -2.20. The maximum atomic E-state index is 13.4. The summed E-state index contributed by atoms with van der Waals surface area (Å²) in [6, 6.07) is 26.0. The molecule has 1 aromatic heterocycles. The summed E-state index contributed by atoms with van der Waals surface area (Å²) in [6.07, 6.45) is 0. The van der Waals surface area contributed by atoms with Crippen molar-refractivity contribution in [1.82, 2.24) is 9.55 Å². The predicted molar refractivity (Wildman–Crippen MR) is 117 cm³/mol. The van der Waals surface area contributed by atoms with Crippen molar-refractivity contribution in [3.05, 3.63) is 106 Å². The van der Waals surface area contributed by atoms with Crippen molar-refractivity contribution in [2.24, 2.45) is 0 Å². The van der Waals surface area contributed by atoms with E-state index in [1.54, 1.807) is 11.8 Å². The number of fused-ring (bicyclic) bond motifs is 1. The van der Waals surface area contributed by atoms with E-state index in [9.17, 15) is 4.79 Å². The summed E-state index contributed by atoms with van der Waals surface area (Å²) < 4.78 is 1.83. The fraction of sp³-hybridized carbons (Fsp3) is 0.167. The lowest BCUT2D eigenvalue weighted by Crippen LogP contribution is -2.27. The third-order valence-corrected chi connectivity index (χ3v) is 6.06. The Morgan fingerprint density at radius 2 is 1.61 bits per heavy atom. The van der Waals surface area contributed by atoms with Gasteiger partial charge in [0, 0.05) is 5.75 Å². The summed E-state index contributed by atoms with van der Waals surface area (Å²) in [7, 11) is 0. The quantitative estimate of drug-likeness (QED) is 0.330. The van der Waals surface area contributed by atoms with E-state index >= 15 is 0 Å². The number of aromatic nitrogens is 2. The van der Waals surface area contributed by atoms with Crippen molar-refractivity contribution in [2.45, 2.75) is 30.8 Å². The minimum Gasteiger partial charge on any atom is -0.280 e. The Morgan fingerprint density at radius 3 is 2.39 bits per heavy atom. The van der Waals surface area contributed by atoms with Gasteiger partial charge in [-0.05, 0) is 42.7 Å². The van der Waals surface area contributed by atoms with Gasteiger partial charge in [0.25, 0.3) is 5.56 Å². The van der Waals surface area contributed by atoms with Crippen LogP contribution < -0.4 is 5.56 Å². The highest BCUT2D eigenvalue weighted by Gasteiger charge is 2.18. The average molecular weight is 387 g/mol. The van der Waals surface area contributed by atoms with Gasteiger partial charge in [-0.1, -0.05) is 78.5 Å². The van der Waals surface area contributed by atoms with Gasteiger partial charge in [0.1, 0.15) is 0 Å². The molecule has 0 fully saturated rings. The second-order valence-corrected chi connectivity index (χ2v) is 7.83. The Labute approximate surface area is 169 Å². The SMILES string of the molecule is Cc1ccccc1CSc1nc2ccccc2c(=O)n1[C@@H](C)c1ccccc1. The molecule has 0 radical (unpaired) electrons. The van der Waals surface area contributed by atoms with E-state index < -0.39 is 0 Å². The van der Waals surface area contributed by atoms with E-state index in [0.29, 0.717) is 5.39 Å². The Balaban J connectivity index is 1.81. The normalized spacial score (nSPS) is 12.2.